The van der Waals surface area contributed by atoms with E-state index in [9.17, 15) is 0 Å². The van der Waals surface area contributed by atoms with Crippen molar-refractivity contribution in [1.82, 2.24) is 15.0 Å². The first-order chi connectivity index (χ1) is 23.8. The third-order valence-electron chi connectivity index (χ3n) is 9.17. The number of hydrogen-bond donors (Lipinski definition) is 0. The minimum atomic E-state index is 0.539. The summed E-state index contributed by atoms with van der Waals surface area (Å²) in [5.41, 5.74) is 7.94. The minimum Gasteiger partial charge on any atom is -0.456 e. The molecule has 0 radical (unpaired) electrons. The highest BCUT2D eigenvalue weighted by Crippen LogP contribution is 2.40. The molecule has 0 aliphatic rings. The van der Waals surface area contributed by atoms with E-state index in [2.05, 4.69) is 84.9 Å². The van der Waals surface area contributed by atoms with Gasteiger partial charge in [0.25, 0.3) is 0 Å². The monoisotopic (exact) mass is 615 g/mol. The average molecular weight is 616 g/mol. The van der Waals surface area contributed by atoms with Crippen molar-refractivity contribution in [2.24, 2.45) is 0 Å². The maximum Gasteiger partial charge on any atom is 0.167 e. The molecule has 3 aromatic heterocycles. The number of furan rings is 2. The minimum absolute atomic E-state index is 0.539. The van der Waals surface area contributed by atoms with Crippen molar-refractivity contribution in [3.63, 3.8) is 0 Å². The first-order valence-corrected chi connectivity index (χ1v) is 15.9. The van der Waals surface area contributed by atoms with Crippen LogP contribution in [-0.4, -0.2) is 15.0 Å². The molecule has 0 saturated carbocycles. The molecule has 10 aromatic rings. The molecule has 0 bridgehead atoms. The molecule has 10 rings (SSSR count). The van der Waals surface area contributed by atoms with E-state index in [1.165, 1.54) is 10.8 Å². The van der Waals surface area contributed by atoms with Gasteiger partial charge in [-0.2, -0.15) is 0 Å². The Morgan fingerprint density at radius 2 is 0.812 bits per heavy atom. The molecule has 0 N–H and O–H groups in total. The Labute approximate surface area is 274 Å². The van der Waals surface area contributed by atoms with Gasteiger partial charge >= 0.3 is 0 Å². The second-order valence-electron chi connectivity index (χ2n) is 11.9. The summed E-state index contributed by atoms with van der Waals surface area (Å²) in [5.74, 6) is 1.68. The largest absolute Gasteiger partial charge is 0.456 e. The number of fused-ring (bicyclic) bond motifs is 7. The van der Waals surface area contributed by atoms with Gasteiger partial charge in [0.1, 0.15) is 22.3 Å². The molecular formula is C43H25N3O2. The number of aromatic nitrogens is 3. The molecule has 0 spiro atoms. The Hall–Kier alpha value is -6.59. The van der Waals surface area contributed by atoms with Gasteiger partial charge in [-0.1, -0.05) is 127 Å². The lowest BCUT2D eigenvalue weighted by atomic mass is 9.94. The molecule has 48 heavy (non-hydrogen) atoms. The van der Waals surface area contributed by atoms with E-state index >= 15 is 0 Å². The van der Waals surface area contributed by atoms with E-state index in [0.717, 1.165) is 71.7 Å². The molecule has 0 fully saturated rings. The van der Waals surface area contributed by atoms with Crippen LogP contribution in [0.15, 0.2) is 160 Å². The van der Waals surface area contributed by atoms with Crippen LogP contribution >= 0.6 is 0 Å². The summed E-state index contributed by atoms with van der Waals surface area (Å²) in [6, 6.07) is 51.6. The zero-order valence-electron chi connectivity index (χ0n) is 25.6. The van der Waals surface area contributed by atoms with Crippen molar-refractivity contribution in [2.45, 2.75) is 0 Å². The molecule has 3 heterocycles. The van der Waals surface area contributed by atoms with Crippen molar-refractivity contribution < 1.29 is 8.83 Å². The molecule has 5 heteroatoms. The van der Waals surface area contributed by atoms with Gasteiger partial charge in [0.15, 0.2) is 17.5 Å². The van der Waals surface area contributed by atoms with Crippen LogP contribution in [0.25, 0.3) is 99.9 Å². The second kappa shape index (κ2) is 10.5. The predicted octanol–water partition coefficient (Wildman–Crippen LogP) is 11.5. The molecule has 0 aliphatic carbocycles. The molecule has 224 valence electrons. The van der Waals surface area contributed by atoms with Crippen LogP contribution in [0.2, 0.25) is 0 Å². The molecular weight excluding hydrogens is 590 g/mol. The molecule has 0 atom stereocenters. The summed E-state index contributed by atoms with van der Waals surface area (Å²) in [6.07, 6.45) is 0. The molecule has 0 unspecified atom stereocenters. The molecule has 7 aromatic carbocycles. The number of rotatable bonds is 4. The van der Waals surface area contributed by atoms with Gasteiger partial charge in [0, 0.05) is 32.7 Å². The fourth-order valence-electron chi connectivity index (χ4n) is 6.99. The molecule has 0 saturated heterocycles. The zero-order chi connectivity index (χ0) is 31.6. The van der Waals surface area contributed by atoms with Crippen molar-refractivity contribution in [3.8, 4) is 45.3 Å². The normalized spacial score (nSPS) is 11.8. The summed E-state index contributed by atoms with van der Waals surface area (Å²) in [6.45, 7) is 0. The smallest absolute Gasteiger partial charge is 0.167 e. The quantitative estimate of drug-likeness (QED) is 0.197. The lowest BCUT2D eigenvalue weighted by Crippen LogP contribution is -2.01. The van der Waals surface area contributed by atoms with E-state index in [0.29, 0.717) is 17.5 Å². The third kappa shape index (κ3) is 4.08. The zero-order valence-corrected chi connectivity index (χ0v) is 25.6. The Bertz CT molecular complexity index is 2860. The summed E-state index contributed by atoms with van der Waals surface area (Å²) in [5, 5.41) is 6.41. The van der Waals surface area contributed by atoms with Crippen molar-refractivity contribution in [3.05, 3.63) is 152 Å². The SMILES string of the molecule is c1ccc(-c2cccc3ccccc23)c(-c2nc(-c3cccc4c3oc3ccccc34)nc(-c3cccc4oc5ccccc5c34)n2)c1. The summed E-state index contributed by atoms with van der Waals surface area (Å²) in [7, 11) is 0. The van der Waals surface area contributed by atoms with Crippen molar-refractivity contribution in [1.29, 1.82) is 0 Å². The predicted molar refractivity (Wildman–Crippen MR) is 194 cm³/mol. The van der Waals surface area contributed by atoms with E-state index < -0.39 is 0 Å². The lowest BCUT2D eigenvalue weighted by Gasteiger charge is -2.14. The van der Waals surface area contributed by atoms with Gasteiger partial charge in [0.05, 0.1) is 5.56 Å². The molecule has 5 nitrogen and oxygen atoms in total. The maximum atomic E-state index is 6.47. The van der Waals surface area contributed by atoms with Crippen LogP contribution in [0.1, 0.15) is 0 Å². The highest BCUT2D eigenvalue weighted by Gasteiger charge is 2.21. The summed E-state index contributed by atoms with van der Waals surface area (Å²) in [4.78, 5) is 15.6. The molecule has 0 aliphatic heterocycles. The van der Waals surface area contributed by atoms with E-state index in [4.69, 9.17) is 23.8 Å². The van der Waals surface area contributed by atoms with Gasteiger partial charge in [-0.3, -0.25) is 0 Å². The van der Waals surface area contributed by atoms with Gasteiger partial charge in [0.2, 0.25) is 0 Å². The van der Waals surface area contributed by atoms with Gasteiger partial charge in [-0.25, -0.2) is 15.0 Å². The number of nitrogens with zero attached hydrogens (tertiary/aromatic N) is 3. The van der Waals surface area contributed by atoms with E-state index in [-0.39, 0.29) is 0 Å². The van der Waals surface area contributed by atoms with Crippen LogP contribution in [0.5, 0.6) is 0 Å². The highest BCUT2D eigenvalue weighted by atomic mass is 16.3. The maximum absolute atomic E-state index is 6.47. The standard InChI is InChI=1S/C43H25N3O2/c1-2-14-27-26(12-1)13-9-19-28(27)29-15-3-4-17-32(29)41-44-42(34-21-11-25-38-39(34)33-18-6-8-24-37(33)47-38)46-43(45-41)35-22-10-20-31-30-16-5-7-23-36(30)48-40(31)35/h1-25H. The number of para-hydroxylation sites is 3. The number of hydrogen-bond acceptors (Lipinski definition) is 5. The highest BCUT2D eigenvalue weighted by molar-refractivity contribution is 6.12. The van der Waals surface area contributed by atoms with Gasteiger partial charge < -0.3 is 8.83 Å². The third-order valence-corrected chi connectivity index (χ3v) is 9.17. The summed E-state index contributed by atoms with van der Waals surface area (Å²) >= 11 is 0. The fourth-order valence-corrected chi connectivity index (χ4v) is 6.99. The Morgan fingerprint density at radius 1 is 0.312 bits per heavy atom. The molecule has 0 amide bonds. The van der Waals surface area contributed by atoms with Crippen molar-refractivity contribution >= 4 is 54.6 Å². The first-order valence-electron chi connectivity index (χ1n) is 15.9. The Kier molecular flexibility index (Phi) is 5.81. The van der Waals surface area contributed by atoms with Crippen LogP contribution in [-0.2, 0) is 0 Å². The van der Waals surface area contributed by atoms with Crippen LogP contribution in [0, 0.1) is 0 Å². The van der Waals surface area contributed by atoms with Gasteiger partial charge in [-0.05, 0) is 46.2 Å². The topological polar surface area (TPSA) is 65.0 Å². The van der Waals surface area contributed by atoms with Crippen molar-refractivity contribution in [2.75, 3.05) is 0 Å². The lowest BCUT2D eigenvalue weighted by molar-refractivity contribution is 0.668. The van der Waals surface area contributed by atoms with Crippen LogP contribution in [0.3, 0.4) is 0 Å². The fraction of sp³-hybridized carbons (Fsp3) is 0. The Balaban J connectivity index is 1.28. The van der Waals surface area contributed by atoms with E-state index in [1.54, 1.807) is 0 Å². The van der Waals surface area contributed by atoms with Crippen LogP contribution in [0.4, 0.5) is 0 Å². The Morgan fingerprint density at radius 3 is 1.67 bits per heavy atom. The van der Waals surface area contributed by atoms with E-state index in [1.807, 2.05) is 66.7 Å². The van der Waals surface area contributed by atoms with Gasteiger partial charge in [-0.15, -0.1) is 0 Å². The second-order valence-corrected chi connectivity index (χ2v) is 11.9. The average Bonchev–Trinajstić information content (AvgIpc) is 3.73. The first kappa shape index (κ1) is 26.6. The number of benzene rings is 7. The summed E-state index contributed by atoms with van der Waals surface area (Å²) < 4.78 is 12.7. The van der Waals surface area contributed by atoms with Crippen LogP contribution < -0.4 is 0 Å².